The van der Waals surface area contributed by atoms with E-state index in [-0.39, 0.29) is 11.9 Å². The van der Waals surface area contributed by atoms with Crippen molar-refractivity contribution in [3.05, 3.63) is 12.4 Å². The third-order valence-corrected chi connectivity index (χ3v) is 1.42. The number of nitrogens with one attached hydrogen (secondary N) is 2. The molecule has 4 N–H and O–H groups in total. The van der Waals surface area contributed by atoms with E-state index < -0.39 is 0 Å². The molecule has 0 fully saturated rings. The average molecular weight is 141 g/mol. The zero-order chi connectivity index (χ0) is 7.40. The monoisotopic (exact) mass is 141 g/mol. The summed E-state index contributed by atoms with van der Waals surface area (Å²) >= 11 is 0. The normalized spacial score (nSPS) is 24.2. The van der Waals surface area contributed by atoms with E-state index in [1.54, 1.807) is 12.4 Å². The van der Waals surface area contributed by atoms with Crippen LogP contribution in [0.2, 0.25) is 0 Å². The smallest absolute Gasteiger partial charge is 0.239 e. The van der Waals surface area contributed by atoms with Crippen molar-refractivity contribution in [3.63, 3.8) is 0 Å². The summed E-state index contributed by atoms with van der Waals surface area (Å²) < 4.78 is 0. The maximum absolute atomic E-state index is 10.6. The van der Waals surface area contributed by atoms with Crippen LogP contribution in [0.5, 0.6) is 0 Å². The molecule has 0 aromatic heterocycles. The van der Waals surface area contributed by atoms with E-state index in [0.29, 0.717) is 0 Å². The SMILES string of the molecule is NC(=O)C1CCNC=CN1. The zero-order valence-electron chi connectivity index (χ0n) is 5.63. The van der Waals surface area contributed by atoms with Gasteiger partial charge in [-0.05, 0) is 6.42 Å². The van der Waals surface area contributed by atoms with Crippen LogP contribution in [0.15, 0.2) is 12.4 Å². The van der Waals surface area contributed by atoms with Gasteiger partial charge in [0, 0.05) is 18.9 Å². The summed E-state index contributed by atoms with van der Waals surface area (Å²) in [5.41, 5.74) is 5.07. The first-order valence-corrected chi connectivity index (χ1v) is 3.24. The zero-order valence-corrected chi connectivity index (χ0v) is 5.63. The van der Waals surface area contributed by atoms with E-state index in [1.165, 1.54) is 0 Å². The summed E-state index contributed by atoms with van der Waals surface area (Å²) in [5, 5.41) is 5.84. The van der Waals surface area contributed by atoms with E-state index >= 15 is 0 Å². The van der Waals surface area contributed by atoms with Crippen molar-refractivity contribution in [3.8, 4) is 0 Å². The Morgan fingerprint density at radius 2 is 2.40 bits per heavy atom. The summed E-state index contributed by atoms with van der Waals surface area (Å²) in [6.07, 6.45) is 4.20. The molecule has 0 saturated carbocycles. The van der Waals surface area contributed by atoms with Crippen molar-refractivity contribution in [2.75, 3.05) is 6.54 Å². The number of primary amides is 1. The molecular formula is C6H11N3O. The van der Waals surface area contributed by atoms with Gasteiger partial charge in [0.25, 0.3) is 0 Å². The topological polar surface area (TPSA) is 67.2 Å². The van der Waals surface area contributed by atoms with Gasteiger partial charge < -0.3 is 16.4 Å². The Labute approximate surface area is 59.5 Å². The molecule has 1 rings (SSSR count). The molecule has 1 amide bonds. The van der Waals surface area contributed by atoms with E-state index in [4.69, 9.17) is 5.73 Å². The van der Waals surface area contributed by atoms with Crippen LogP contribution in [0, 0.1) is 0 Å². The number of carbonyl (C=O) groups excluding carboxylic acids is 1. The van der Waals surface area contributed by atoms with E-state index in [2.05, 4.69) is 10.6 Å². The first kappa shape index (κ1) is 6.92. The van der Waals surface area contributed by atoms with Crippen molar-refractivity contribution in [1.29, 1.82) is 0 Å². The fraction of sp³-hybridized carbons (Fsp3) is 0.500. The van der Waals surface area contributed by atoms with Gasteiger partial charge in [-0.25, -0.2) is 0 Å². The number of nitrogens with two attached hydrogens (primary N) is 1. The van der Waals surface area contributed by atoms with Gasteiger partial charge in [0.05, 0.1) is 0 Å². The Balaban J connectivity index is 2.45. The highest BCUT2D eigenvalue weighted by molar-refractivity contribution is 5.80. The van der Waals surface area contributed by atoms with E-state index in [0.717, 1.165) is 13.0 Å². The van der Waals surface area contributed by atoms with E-state index in [1.807, 2.05) is 0 Å². The number of hydrogen-bond donors (Lipinski definition) is 3. The van der Waals surface area contributed by atoms with Crippen molar-refractivity contribution < 1.29 is 4.79 Å². The van der Waals surface area contributed by atoms with Crippen molar-refractivity contribution in [1.82, 2.24) is 10.6 Å². The standard InChI is InChI=1S/C6H11N3O/c7-6(10)5-1-2-8-3-4-9-5/h3-5,8-9H,1-2H2,(H2,7,10). The summed E-state index contributed by atoms with van der Waals surface area (Å²) in [5.74, 6) is -0.298. The van der Waals surface area contributed by atoms with Crippen LogP contribution >= 0.6 is 0 Å². The molecule has 0 bridgehead atoms. The number of amides is 1. The van der Waals surface area contributed by atoms with Gasteiger partial charge in [-0.1, -0.05) is 0 Å². The molecule has 0 aromatic carbocycles. The fourth-order valence-electron chi connectivity index (χ4n) is 0.842. The van der Waals surface area contributed by atoms with Gasteiger partial charge in [0.15, 0.2) is 0 Å². The highest BCUT2D eigenvalue weighted by Gasteiger charge is 2.12. The minimum atomic E-state index is -0.298. The summed E-state index contributed by atoms with van der Waals surface area (Å²) in [7, 11) is 0. The molecule has 0 spiro atoms. The van der Waals surface area contributed by atoms with E-state index in [9.17, 15) is 4.79 Å². The highest BCUT2D eigenvalue weighted by atomic mass is 16.1. The molecule has 10 heavy (non-hydrogen) atoms. The van der Waals surface area contributed by atoms with Crippen molar-refractivity contribution in [2.24, 2.45) is 5.73 Å². The van der Waals surface area contributed by atoms with Gasteiger partial charge in [-0.2, -0.15) is 0 Å². The lowest BCUT2D eigenvalue weighted by atomic mass is 10.2. The maximum Gasteiger partial charge on any atom is 0.239 e. The maximum atomic E-state index is 10.6. The number of hydrogen-bond acceptors (Lipinski definition) is 3. The van der Waals surface area contributed by atoms with Crippen LogP contribution in [-0.4, -0.2) is 18.5 Å². The third-order valence-electron chi connectivity index (χ3n) is 1.42. The Morgan fingerprint density at radius 3 is 3.10 bits per heavy atom. The van der Waals surface area contributed by atoms with Crippen molar-refractivity contribution >= 4 is 5.91 Å². The first-order valence-electron chi connectivity index (χ1n) is 3.24. The quantitative estimate of drug-likeness (QED) is 0.434. The van der Waals surface area contributed by atoms with Crippen LogP contribution in [0.3, 0.4) is 0 Å². The lowest BCUT2D eigenvalue weighted by Crippen LogP contribution is -2.38. The van der Waals surface area contributed by atoms with Gasteiger partial charge in [-0.15, -0.1) is 0 Å². The Bertz CT molecular complexity index is 155. The van der Waals surface area contributed by atoms with Gasteiger partial charge in [0.2, 0.25) is 5.91 Å². The van der Waals surface area contributed by atoms with Crippen molar-refractivity contribution in [2.45, 2.75) is 12.5 Å². The van der Waals surface area contributed by atoms with Crippen LogP contribution in [-0.2, 0) is 4.79 Å². The minimum Gasteiger partial charge on any atom is -0.390 e. The lowest BCUT2D eigenvalue weighted by molar-refractivity contribution is -0.119. The summed E-state index contributed by atoms with van der Waals surface area (Å²) in [6.45, 7) is 0.789. The molecule has 0 aromatic rings. The van der Waals surface area contributed by atoms with Crippen LogP contribution in [0.4, 0.5) is 0 Å². The average Bonchev–Trinajstić information content (AvgIpc) is 2.12. The van der Waals surface area contributed by atoms with Crippen LogP contribution in [0.1, 0.15) is 6.42 Å². The predicted molar refractivity (Wildman–Crippen MR) is 37.9 cm³/mol. The Hall–Kier alpha value is -1.19. The second-order valence-corrected chi connectivity index (χ2v) is 2.20. The molecule has 4 heteroatoms. The minimum absolute atomic E-state index is 0.216. The molecule has 1 heterocycles. The molecular weight excluding hydrogens is 130 g/mol. The molecule has 0 saturated heterocycles. The Kier molecular flexibility index (Phi) is 2.15. The third kappa shape index (κ3) is 1.65. The molecule has 1 aliphatic heterocycles. The number of carbonyl (C=O) groups is 1. The summed E-state index contributed by atoms with van der Waals surface area (Å²) in [6, 6.07) is -0.216. The van der Waals surface area contributed by atoms with Gasteiger partial charge in [-0.3, -0.25) is 4.79 Å². The second-order valence-electron chi connectivity index (χ2n) is 2.20. The molecule has 1 atom stereocenters. The highest BCUT2D eigenvalue weighted by Crippen LogP contribution is 1.92. The Morgan fingerprint density at radius 1 is 1.60 bits per heavy atom. The van der Waals surface area contributed by atoms with Crippen LogP contribution < -0.4 is 16.4 Å². The molecule has 1 unspecified atom stereocenters. The fourth-order valence-corrected chi connectivity index (χ4v) is 0.842. The molecule has 4 nitrogen and oxygen atoms in total. The molecule has 1 aliphatic rings. The van der Waals surface area contributed by atoms with Crippen LogP contribution in [0.25, 0.3) is 0 Å². The molecule has 0 radical (unpaired) electrons. The lowest BCUT2D eigenvalue weighted by Gasteiger charge is -2.09. The second kappa shape index (κ2) is 3.10. The molecule has 56 valence electrons. The summed E-state index contributed by atoms with van der Waals surface area (Å²) in [4.78, 5) is 10.6. The van der Waals surface area contributed by atoms with Gasteiger partial charge in [0.1, 0.15) is 6.04 Å². The largest absolute Gasteiger partial charge is 0.390 e. The predicted octanol–water partition coefficient (Wildman–Crippen LogP) is -1.11. The van der Waals surface area contributed by atoms with Gasteiger partial charge >= 0.3 is 0 Å². The first-order chi connectivity index (χ1) is 4.80. The molecule has 0 aliphatic carbocycles. The number of rotatable bonds is 1.